The molecule has 1 aliphatic heterocycles. The fourth-order valence-electron chi connectivity index (χ4n) is 2.11. The van der Waals surface area contributed by atoms with Crippen molar-refractivity contribution in [3.8, 4) is 0 Å². The predicted molar refractivity (Wildman–Crippen MR) is 68.5 cm³/mol. The number of aryl methyl sites for hydroxylation is 1. The minimum absolute atomic E-state index is 0.216. The standard InChI is InChI=1S/C13H17N3O3/c1-9-2-4-14-6-11(9)7-15-13(19)16-5-3-10(8-16)12(17)18/h2,4,6,10H,3,5,7-8H2,1H3,(H,15,19)(H,17,18). The normalized spacial score (nSPS) is 18.4. The number of hydrogen-bond acceptors (Lipinski definition) is 3. The summed E-state index contributed by atoms with van der Waals surface area (Å²) < 4.78 is 0. The molecule has 2 N–H and O–H groups in total. The molecule has 1 unspecified atom stereocenters. The molecule has 2 amide bonds. The molecule has 1 fully saturated rings. The molecule has 1 aliphatic rings. The van der Waals surface area contributed by atoms with Crippen molar-refractivity contribution in [2.75, 3.05) is 13.1 Å². The third-order valence-corrected chi connectivity index (χ3v) is 3.40. The lowest BCUT2D eigenvalue weighted by Crippen LogP contribution is -2.38. The maximum Gasteiger partial charge on any atom is 0.317 e. The number of carbonyl (C=O) groups excluding carboxylic acids is 1. The number of carboxylic acids is 1. The average molecular weight is 263 g/mol. The molecule has 1 aromatic rings. The van der Waals surface area contributed by atoms with Crippen LogP contribution in [0.4, 0.5) is 4.79 Å². The molecule has 6 heteroatoms. The van der Waals surface area contributed by atoms with Crippen molar-refractivity contribution in [3.63, 3.8) is 0 Å². The van der Waals surface area contributed by atoms with E-state index in [4.69, 9.17) is 5.11 Å². The molecule has 0 aromatic carbocycles. The highest BCUT2D eigenvalue weighted by molar-refractivity contribution is 5.77. The molecular weight excluding hydrogens is 246 g/mol. The van der Waals surface area contributed by atoms with Crippen LogP contribution in [-0.4, -0.2) is 40.1 Å². The summed E-state index contributed by atoms with van der Waals surface area (Å²) in [6.45, 7) is 3.15. The van der Waals surface area contributed by atoms with Crippen LogP contribution in [0.3, 0.4) is 0 Å². The summed E-state index contributed by atoms with van der Waals surface area (Å²) in [6.07, 6.45) is 3.95. The van der Waals surface area contributed by atoms with Gasteiger partial charge in [0.1, 0.15) is 0 Å². The van der Waals surface area contributed by atoms with Crippen LogP contribution in [0.5, 0.6) is 0 Å². The number of nitrogens with one attached hydrogen (secondary N) is 1. The second-order valence-electron chi connectivity index (χ2n) is 4.73. The first-order chi connectivity index (χ1) is 9.08. The average Bonchev–Trinajstić information content (AvgIpc) is 2.87. The van der Waals surface area contributed by atoms with Gasteiger partial charge in [-0.25, -0.2) is 4.79 Å². The van der Waals surface area contributed by atoms with Gasteiger partial charge in [0.25, 0.3) is 0 Å². The van der Waals surface area contributed by atoms with E-state index in [9.17, 15) is 9.59 Å². The van der Waals surface area contributed by atoms with E-state index in [-0.39, 0.29) is 12.6 Å². The number of nitrogens with zero attached hydrogens (tertiary/aromatic N) is 2. The van der Waals surface area contributed by atoms with Crippen molar-refractivity contribution < 1.29 is 14.7 Å². The van der Waals surface area contributed by atoms with Crippen molar-refractivity contribution in [2.45, 2.75) is 19.9 Å². The third kappa shape index (κ3) is 3.21. The van der Waals surface area contributed by atoms with Gasteiger partial charge in [-0.2, -0.15) is 0 Å². The summed E-state index contributed by atoms with van der Waals surface area (Å²) in [5.74, 6) is -1.27. The number of hydrogen-bond donors (Lipinski definition) is 2. The number of amides is 2. The van der Waals surface area contributed by atoms with Gasteiger partial charge in [0.15, 0.2) is 0 Å². The van der Waals surface area contributed by atoms with Crippen molar-refractivity contribution in [1.82, 2.24) is 15.2 Å². The van der Waals surface area contributed by atoms with Crippen molar-refractivity contribution in [1.29, 1.82) is 0 Å². The van der Waals surface area contributed by atoms with Crippen LogP contribution in [0.15, 0.2) is 18.5 Å². The Kier molecular flexibility index (Phi) is 3.99. The molecule has 0 aliphatic carbocycles. The van der Waals surface area contributed by atoms with Gasteiger partial charge in [-0.15, -0.1) is 0 Å². The van der Waals surface area contributed by atoms with E-state index in [2.05, 4.69) is 10.3 Å². The van der Waals surface area contributed by atoms with Gasteiger partial charge in [-0.3, -0.25) is 9.78 Å². The first-order valence-electron chi connectivity index (χ1n) is 6.23. The van der Waals surface area contributed by atoms with Gasteiger partial charge in [0, 0.05) is 32.0 Å². The fraction of sp³-hybridized carbons (Fsp3) is 0.462. The van der Waals surface area contributed by atoms with E-state index in [0.717, 1.165) is 11.1 Å². The lowest BCUT2D eigenvalue weighted by Gasteiger charge is -2.17. The molecule has 102 valence electrons. The van der Waals surface area contributed by atoms with Crippen molar-refractivity contribution >= 4 is 12.0 Å². The number of urea groups is 1. The van der Waals surface area contributed by atoms with Crippen LogP contribution < -0.4 is 5.32 Å². The summed E-state index contributed by atoms with van der Waals surface area (Å²) >= 11 is 0. The first-order valence-corrected chi connectivity index (χ1v) is 6.23. The van der Waals surface area contributed by atoms with Gasteiger partial charge in [-0.1, -0.05) is 0 Å². The van der Waals surface area contributed by atoms with E-state index in [1.54, 1.807) is 17.3 Å². The monoisotopic (exact) mass is 263 g/mol. The third-order valence-electron chi connectivity index (χ3n) is 3.40. The Hall–Kier alpha value is -2.11. The minimum Gasteiger partial charge on any atom is -0.481 e. The highest BCUT2D eigenvalue weighted by atomic mass is 16.4. The van der Waals surface area contributed by atoms with E-state index >= 15 is 0 Å². The number of aliphatic carboxylic acids is 1. The molecule has 2 heterocycles. The summed E-state index contributed by atoms with van der Waals surface area (Å²) in [5.41, 5.74) is 2.03. The Morgan fingerprint density at radius 3 is 3.00 bits per heavy atom. The lowest BCUT2D eigenvalue weighted by atomic mass is 10.1. The first kappa shape index (κ1) is 13.3. The Labute approximate surface area is 111 Å². The molecule has 19 heavy (non-hydrogen) atoms. The van der Waals surface area contributed by atoms with Gasteiger partial charge < -0.3 is 15.3 Å². The van der Waals surface area contributed by atoms with Gasteiger partial charge in [0.2, 0.25) is 0 Å². The zero-order chi connectivity index (χ0) is 13.8. The summed E-state index contributed by atoms with van der Waals surface area (Å²) in [5, 5.41) is 11.7. The zero-order valence-electron chi connectivity index (χ0n) is 10.8. The number of aromatic nitrogens is 1. The zero-order valence-corrected chi connectivity index (χ0v) is 10.8. The molecule has 1 saturated heterocycles. The quantitative estimate of drug-likeness (QED) is 0.852. The second-order valence-corrected chi connectivity index (χ2v) is 4.73. The fourth-order valence-corrected chi connectivity index (χ4v) is 2.11. The van der Waals surface area contributed by atoms with E-state index in [0.29, 0.717) is 19.5 Å². The Bertz CT molecular complexity index is 490. The van der Waals surface area contributed by atoms with Gasteiger partial charge in [-0.05, 0) is 30.5 Å². The number of pyridine rings is 1. The molecule has 0 spiro atoms. The summed E-state index contributed by atoms with van der Waals surface area (Å²) in [6, 6.07) is 1.67. The van der Waals surface area contributed by atoms with Crippen LogP contribution >= 0.6 is 0 Å². The highest BCUT2D eigenvalue weighted by Gasteiger charge is 2.30. The minimum atomic E-state index is -0.835. The van der Waals surface area contributed by atoms with Crippen LogP contribution in [0.25, 0.3) is 0 Å². The smallest absolute Gasteiger partial charge is 0.317 e. The Morgan fingerprint density at radius 2 is 2.37 bits per heavy atom. The highest BCUT2D eigenvalue weighted by Crippen LogP contribution is 2.16. The van der Waals surface area contributed by atoms with E-state index in [1.165, 1.54) is 0 Å². The van der Waals surface area contributed by atoms with Crippen LogP contribution in [0.1, 0.15) is 17.5 Å². The molecule has 1 atom stereocenters. The maximum absolute atomic E-state index is 11.9. The Morgan fingerprint density at radius 1 is 1.58 bits per heavy atom. The number of carbonyl (C=O) groups is 2. The van der Waals surface area contributed by atoms with Gasteiger partial charge >= 0.3 is 12.0 Å². The molecule has 0 saturated carbocycles. The molecule has 1 aromatic heterocycles. The number of carboxylic acid groups (broad SMARTS) is 1. The largest absolute Gasteiger partial charge is 0.481 e. The maximum atomic E-state index is 11.9. The summed E-state index contributed by atoms with van der Waals surface area (Å²) in [7, 11) is 0. The molecular formula is C13H17N3O3. The van der Waals surface area contributed by atoms with Crippen LogP contribution in [-0.2, 0) is 11.3 Å². The number of rotatable bonds is 3. The predicted octanol–water partition coefficient (Wildman–Crippen LogP) is 1.01. The van der Waals surface area contributed by atoms with Crippen LogP contribution in [0.2, 0.25) is 0 Å². The Balaban J connectivity index is 1.86. The summed E-state index contributed by atoms with van der Waals surface area (Å²) in [4.78, 5) is 28.3. The second kappa shape index (κ2) is 5.69. The topological polar surface area (TPSA) is 82.5 Å². The molecule has 0 radical (unpaired) electrons. The lowest BCUT2D eigenvalue weighted by molar-refractivity contribution is -0.141. The van der Waals surface area contributed by atoms with Crippen molar-refractivity contribution in [3.05, 3.63) is 29.6 Å². The molecule has 6 nitrogen and oxygen atoms in total. The number of likely N-dealkylation sites (tertiary alicyclic amines) is 1. The van der Waals surface area contributed by atoms with Crippen molar-refractivity contribution in [2.24, 2.45) is 5.92 Å². The van der Waals surface area contributed by atoms with Crippen LogP contribution in [0, 0.1) is 12.8 Å². The molecule has 2 rings (SSSR count). The van der Waals surface area contributed by atoms with Gasteiger partial charge in [0.05, 0.1) is 5.92 Å². The molecule has 0 bridgehead atoms. The van der Waals surface area contributed by atoms with E-state index < -0.39 is 11.9 Å². The van der Waals surface area contributed by atoms with E-state index in [1.807, 2.05) is 13.0 Å². The SMILES string of the molecule is Cc1ccncc1CNC(=O)N1CCC(C(=O)O)C1.